The van der Waals surface area contributed by atoms with Crippen LogP contribution in [0.15, 0.2) is 24.3 Å². The van der Waals surface area contributed by atoms with E-state index in [4.69, 9.17) is 9.47 Å². The summed E-state index contributed by atoms with van der Waals surface area (Å²) in [5.41, 5.74) is -0.0925. The van der Waals surface area contributed by atoms with Gasteiger partial charge in [-0.15, -0.1) is 0 Å². The van der Waals surface area contributed by atoms with Crippen molar-refractivity contribution in [3.05, 3.63) is 29.8 Å². The molecule has 0 saturated carbocycles. The summed E-state index contributed by atoms with van der Waals surface area (Å²) >= 11 is 0. The van der Waals surface area contributed by atoms with Crippen LogP contribution in [0.4, 0.5) is 4.79 Å². The number of hydrogen-bond acceptors (Lipinski definition) is 5. The molecule has 0 fully saturated rings. The van der Waals surface area contributed by atoms with E-state index in [1.165, 1.54) is 7.11 Å². The lowest BCUT2D eigenvalue weighted by atomic mass is 10.2. The lowest BCUT2D eigenvalue weighted by Crippen LogP contribution is -2.37. The molecule has 8 nitrogen and oxygen atoms in total. The van der Waals surface area contributed by atoms with E-state index in [-0.39, 0.29) is 24.8 Å². The van der Waals surface area contributed by atoms with E-state index in [1.807, 2.05) is 0 Å². The Morgan fingerprint density at radius 1 is 1.00 bits per heavy atom. The highest BCUT2D eigenvalue weighted by Gasteiger charge is 2.15. The molecule has 0 bridgehead atoms. The number of alkyl carbamates (subject to hydrolysis) is 1. The molecule has 144 valence electrons. The first-order valence-electron chi connectivity index (χ1n) is 8.37. The number of hydrogen-bond donors (Lipinski definition) is 3. The third kappa shape index (κ3) is 8.91. The Balaban J connectivity index is 2.18. The van der Waals surface area contributed by atoms with Crippen LogP contribution in [-0.2, 0) is 9.53 Å². The molecule has 0 aliphatic rings. The first-order chi connectivity index (χ1) is 12.2. The molecule has 0 spiro atoms. The first-order valence-corrected chi connectivity index (χ1v) is 8.37. The Hall–Kier alpha value is -2.77. The van der Waals surface area contributed by atoms with Crippen molar-refractivity contribution in [1.29, 1.82) is 0 Å². The largest absolute Gasteiger partial charge is 0.497 e. The average Bonchev–Trinajstić information content (AvgIpc) is 2.57. The molecule has 3 N–H and O–H groups in total. The molecular formula is C18H27N3O5. The summed E-state index contributed by atoms with van der Waals surface area (Å²) in [6.07, 6.45) is -0.431. The van der Waals surface area contributed by atoms with Crippen molar-refractivity contribution in [2.45, 2.75) is 32.8 Å². The Morgan fingerprint density at radius 3 is 2.35 bits per heavy atom. The monoisotopic (exact) mass is 365 g/mol. The fourth-order valence-corrected chi connectivity index (χ4v) is 1.92. The van der Waals surface area contributed by atoms with E-state index in [1.54, 1.807) is 45.0 Å². The minimum Gasteiger partial charge on any atom is -0.497 e. The van der Waals surface area contributed by atoms with Gasteiger partial charge < -0.3 is 25.4 Å². The molecule has 3 amide bonds. The van der Waals surface area contributed by atoms with E-state index >= 15 is 0 Å². The van der Waals surface area contributed by atoms with Crippen LogP contribution in [0, 0.1) is 0 Å². The number of nitrogens with one attached hydrogen (secondary N) is 3. The number of amides is 3. The topological polar surface area (TPSA) is 106 Å². The highest BCUT2D eigenvalue weighted by atomic mass is 16.6. The van der Waals surface area contributed by atoms with E-state index in [0.29, 0.717) is 24.4 Å². The SMILES string of the molecule is COc1cccc(C(=O)NCCNC(=O)CCNC(=O)OC(C)(C)C)c1. The standard InChI is InChI=1S/C18H27N3O5/c1-18(2,3)26-17(24)21-9-8-15(22)19-10-11-20-16(23)13-6-5-7-14(12-13)25-4/h5-7,12H,8-11H2,1-4H3,(H,19,22)(H,20,23)(H,21,24). The van der Waals surface area contributed by atoms with Gasteiger partial charge in [0.25, 0.3) is 5.91 Å². The van der Waals surface area contributed by atoms with E-state index in [9.17, 15) is 14.4 Å². The first kappa shape index (κ1) is 21.3. The quantitative estimate of drug-likeness (QED) is 0.605. The molecule has 1 aromatic carbocycles. The van der Waals surface area contributed by atoms with Crippen LogP contribution in [-0.4, -0.2) is 50.3 Å². The molecule has 1 rings (SSSR count). The van der Waals surface area contributed by atoms with Gasteiger partial charge in [-0.2, -0.15) is 0 Å². The van der Waals surface area contributed by atoms with Gasteiger partial charge in [-0.05, 0) is 39.0 Å². The van der Waals surface area contributed by atoms with E-state index < -0.39 is 11.7 Å². The van der Waals surface area contributed by atoms with Gasteiger partial charge in [-0.25, -0.2) is 4.79 Å². The zero-order valence-corrected chi connectivity index (χ0v) is 15.7. The summed E-state index contributed by atoms with van der Waals surface area (Å²) in [7, 11) is 1.53. The number of ether oxygens (including phenoxy) is 2. The number of benzene rings is 1. The van der Waals surface area contributed by atoms with Crippen molar-refractivity contribution >= 4 is 17.9 Å². The highest BCUT2D eigenvalue weighted by Crippen LogP contribution is 2.12. The second-order valence-corrected chi connectivity index (χ2v) is 6.52. The molecule has 0 atom stereocenters. The van der Waals surface area contributed by atoms with Crippen molar-refractivity contribution in [1.82, 2.24) is 16.0 Å². The summed E-state index contributed by atoms with van der Waals surface area (Å²) in [4.78, 5) is 35.1. The average molecular weight is 365 g/mol. The number of methoxy groups -OCH3 is 1. The smallest absolute Gasteiger partial charge is 0.407 e. The third-order valence-electron chi connectivity index (χ3n) is 3.08. The fraction of sp³-hybridized carbons (Fsp3) is 0.500. The molecule has 8 heteroatoms. The Morgan fingerprint density at radius 2 is 1.69 bits per heavy atom. The minimum absolute atomic E-state index is 0.128. The van der Waals surface area contributed by atoms with Crippen LogP contribution in [0.1, 0.15) is 37.6 Å². The van der Waals surface area contributed by atoms with Gasteiger partial charge in [0.1, 0.15) is 11.4 Å². The minimum atomic E-state index is -0.576. The Bertz CT molecular complexity index is 625. The molecule has 0 unspecified atom stereocenters. The Kier molecular flexibility index (Phi) is 8.41. The van der Waals surface area contributed by atoms with Gasteiger partial charge in [-0.1, -0.05) is 6.07 Å². The normalized spacial score (nSPS) is 10.6. The maximum Gasteiger partial charge on any atom is 0.407 e. The van der Waals surface area contributed by atoms with Crippen molar-refractivity contribution in [2.75, 3.05) is 26.7 Å². The molecule has 1 aromatic rings. The van der Waals surface area contributed by atoms with Crippen LogP contribution in [0.5, 0.6) is 5.75 Å². The molecule has 0 heterocycles. The van der Waals surface area contributed by atoms with Crippen molar-refractivity contribution in [3.8, 4) is 5.75 Å². The van der Waals surface area contributed by atoms with Crippen LogP contribution in [0.2, 0.25) is 0 Å². The summed E-state index contributed by atoms with van der Waals surface area (Å²) < 4.78 is 10.1. The molecule has 0 aromatic heterocycles. The fourth-order valence-electron chi connectivity index (χ4n) is 1.92. The summed E-state index contributed by atoms with van der Waals surface area (Å²) in [6.45, 7) is 6.05. The lowest BCUT2D eigenvalue weighted by Gasteiger charge is -2.19. The van der Waals surface area contributed by atoms with Crippen LogP contribution < -0.4 is 20.7 Å². The molecular weight excluding hydrogens is 338 g/mol. The molecule has 0 aliphatic carbocycles. The molecule has 0 radical (unpaired) electrons. The molecule has 0 aliphatic heterocycles. The van der Waals surface area contributed by atoms with Crippen LogP contribution >= 0.6 is 0 Å². The predicted molar refractivity (Wildman–Crippen MR) is 97.2 cm³/mol. The third-order valence-corrected chi connectivity index (χ3v) is 3.08. The van der Waals surface area contributed by atoms with Gasteiger partial charge in [0.2, 0.25) is 5.91 Å². The lowest BCUT2D eigenvalue weighted by molar-refractivity contribution is -0.120. The Labute approximate surface area is 153 Å². The van der Waals surface area contributed by atoms with Gasteiger partial charge in [0, 0.05) is 31.6 Å². The van der Waals surface area contributed by atoms with Crippen molar-refractivity contribution in [2.24, 2.45) is 0 Å². The van der Waals surface area contributed by atoms with Gasteiger partial charge in [-0.3, -0.25) is 9.59 Å². The van der Waals surface area contributed by atoms with Gasteiger partial charge >= 0.3 is 6.09 Å². The van der Waals surface area contributed by atoms with Crippen molar-refractivity contribution in [3.63, 3.8) is 0 Å². The number of rotatable bonds is 8. The van der Waals surface area contributed by atoms with Crippen LogP contribution in [0.25, 0.3) is 0 Å². The van der Waals surface area contributed by atoms with E-state index in [0.717, 1.165) is 0 Å². The van der Waals surface area contributed by atoms with Gasteiger partial charge in [0.05, 0.1) is 7.11 Å². The number of carbonyl (C=O) groups excluding carboxylic acids is 3. The second kappa shape index (κ2) is 10.3. The predicted octanol–water partition coefficient (Wildman–Crippen LogP) is 1.46. The maximum atomic E-state index is 12.0. The molecule has 26 heavy (non-hydrogen) atoms. The summed E-state index contributed by atoms with van der Waals surface area (Å²) in [5, 5.41) is 7.88. The zero-order chi connectivity index (χ0) is 19.6. The maximum absolute atomic E-state index is 12.0. The van der Waals surface area contributed by atoms with E-state index in [2.05, 4.69) is 16.0 Å². The number of carbonyl (C=O) groups is 3. The summed E-state index contributed by atoms with van der Waals surface area (Å²) in [5.74, 6) is 0.130. The second-order valence-electron chi connectivity index (χ2n) is 6.52. The highest BCUT2D eigenvalue weighted by molar-refractivity contribution is 5.94. The van der Waals surface area contributed by atoms with Crippen molar-refractivity contribution < 1.29 is 23.9 Å². The van der Waals surface area contributed by atoms with Crippen LogP contribution in [0.3, 0.4) is 0 Å². The zero-order valence-electron chi connectivity index (χ0n) is 15.7. The molecule has 0 saturated heterocycles. The van der Waals surface area contributed by atoms with Gasteiger partial charge in [0.15, 0.2) is 0 Å². The summed E-state index contributed by atoms with van der Waals surface area (Å²) in [6, 6.07) is 6.80.